The van der Waals surface area contributed by atoms with Crippen molar-refractivity contribution in [1.29, 1.82) is 0 Å². The lowest BCUT2D eigenvalue weighted by Gasteiger charge is -2.45. The second kappa shape index (κ2) is 12.6. The first-order valence-corrected chi connectivity index (χ1v) is 14.0. The zero-order chi connectivity index (χ0) is 32.0. The lowest BCUT2D eigenvalue weighted by molar-refractivity contribution is -0.355. The third-order valence-corrected chi connectivity index (χ3v) is 8.08. The molecule has 3 heterocycles. The summed E-state index contributed by atoms with van der Waals surface area (Å²) >= 11 is 0. The van der Waals surface area contributed by atoms with Crippen LogP contribution in [0, 0.1) is 13.8 Å². The predicted octanol–water partition coefficient (Wildman–Crippen LogP) is -0.178. The van der Waals surface area contributed by atoms with Gasteiger partial charge in [-0.05, 0) is 20.8 Å². The molecule has 7 N–H and O–H groups in total. The van der Waals surface area contributed by atoms with E-state index < -0.39 is 79.2 Å². The van der Waals surface area contributed by atoms with Crippen molar-refractivity contribution >= 4 is 11.0 Å². The number of benzene rings is 2. The van der Waals surface area contributed by atoms with Gasteiger partial charge in [0.05, 0.1) is 19.8 Å². The van der Waals surface area contributed by atoms with Crippen LogP contribution in [0.1, 0.15) is 18.1 Å². The van der Waals surface area contributed by atoms with Crippen molar-refractivity contribution in [2.75, 3.05) is 13.7 Å². The zero-order valence-corrected chi connectivity index (χ0v) is 24.4. The van der Waals surface area contributed by atoms with Crippen LogP contribution in [0.5, 0.6) is 17.2 Å². The number of fused-ring (bicyclic) bond motifs is 1. The summed E-state index contributed by atoms with van der Waals surface area (Å²) in [6, 6.07) is 8.74. The van der Waals surface area contributed by atoms with Gasteiger partial charge in [-0.2, -0.15) is 0 Å². The highest BCUT2D eigenvalue weighted by Crippen LogP contribution is 2.43. The number of phenolic OH excluding ortho intramolecular Hbond substituents is 1. The highest BCUT2D eigenvalue weighted by molar-refractivity contribution is 5.92. The SMILES string of the molecule is COc1c(-c2ccccc2)oc2c(C)c(O[C@@H]3OC(C)[C@H](O)C(O)[C@@H]3O[C@@H]3OC(CO)[C@H](O)[C@H](O)C3O)c(C)c(O)c2c1=O. The van der Waals surface area contributed by atoms with Crippen molar-refractivity contribution in [2.45, 2.75) is 82.2 Å². The second-order valence-electron chi connectivity index (χ2n) is 10.9. The number of hydrogen-bond donors (Lipinski definition) is 7. The molecule has 2 aliphatic heterocycles. The highest BCUT2D eigenvalue weighted by atomic mass is 16.8. The van der Waals surface area contributed by atoms with Gasteiger partial charge in [0, 0.05) is 16.7 Å². The maximum atomic E-state index is 13.5. The molecule has 14 nitrogen and oxygen atoms in total. The molecular weight excluding hydrogens is 584 g/mol. The molecule has 2 aliphatic rings. The van der Waals surface area contributed by atoms with Crippen molar-refractivity contribution in [3.05, 3.63) is 51.7 Å². The topological polar surface area (TPSA) is 218 Å². The third kappa shape index (κ3) is 5.42. The first kappa shape index (κ1) is 32.1. The molecule has 2 aromatic carbocycles. The number of phenols is 1. The Morgan fingerprint density at radius 3 is 2.16 bits per heavy atom. The molecule has 0 spiro atoms. The summed E-state index contributed by atoms with van der Waals surface area (Å²) in [5.74, 6) is -0.442. The number of aromatic hydroxyl groups is 1. The molecule has 3 aromatic rings. The molecule has 0 amide bonds. The van der Waals surface area contributed by atoms with Crippen LogP contribution in [0.4, 0.5) is 0 Å². The molecule has 10 atom stereocenters. The van der Waals surface area contributed by atoms with E-state index in [-0.39, 0.29) is 39.4 Å². The quantitative estimate of drug-likeness (QED) is 0.182. The molecular formula is C30H36O14. The predicted molar refractivity (Wildman–Crippen MR) is 151 cm³/mol. The van der Waals surface area contributed by atoms with Gasteiger partial charge >= 0.3 is 0 Å². The number of rotatable bonds is 7. The van der Waals surface area contributed by atoms with Gasteiger partial charge in [0.15, 0.2) is 18.2 Å². The lowest BCUT2D eigenvalue weighted by atomic mass is 9.97. The molecule has 0 aliphatic carbocycles. The van der Waals surface area contributed by atoms with Gasteiger partial charge in [0.25, 0.3) is 0 Å². The van der Waals surface area contributed by atoms with Crippen molar-refractivity contribution in [2.24, 2.45) is 0 Å². The van der Waals surface area contributed by atoms with E-state index in [1.165, 1.54) is 21.0 Å². The smallest absolute Gasteiger partial charge is 0.239 e. The van der Waals surface area contributed by atoms with E-state index >= 15 is 0 Å². The van der Waals surface area contributed by atoms with Gasteiger partial charge in [-0.3, -0.25) is 4.79 Å². The van der Waals surface area contributed by atoms with Crippen LogP contribution in [0.2, 0.25) is 0 Å². The van der Waals surface area contributed by atoms with Crippen molar-refractivity contribution in [3.63, 3.8) is 0 Å². The number of aliphatic hydroxyl groups excluding tert-OH is 6. The Bertz CT molecular complexity index is 1540. The Kier molecular flexibility index (Phi) is 9.18. The summed E-state index contributed by atoms with van der Waals surface area (Å²) in [5.41, 5.74) is 0.298. The summed E-state index contributed by atoms with van der Waals surface area (Å²) in [7, 11) is 1.32. The van der Waals surface area contributed by atoms with E-state index in [0.717, 1.165) is 0 Å². The van der Waals surface area contributed by atoms with Crippen LogP contribution in [-0.4, -0.2) is 111 Å². The number of ether oxygens (including phenoxy) is 5. The van der Waals surface area contributed by atoms with E-state index in [4.69, 9.17) is 28.1 Å². The number of methoxy groups -OCH3 is 1. The van der Waals surface area contributed by atoms with Crippen LogP contribution in [0.15, 0.2) is 39.5 Å². The average molecular weight is 621 g/mol. The van der Waals surface area contributed by atoms with E-state index in [0.29, 0.717) is 5.56 Å². The summed E-state index contributed by atoms with van der Waals surface area (Å²) < 4.78 is 34.7. The zero-order valence-electron chi connectivity index (χ0n) is 24.4. The Balaban J connectivity index is 1.57. The van der Waals surface area contributed by atoms with Crippen molar-refractivity contribution in [3.8, 4) is 28.6 Å². The fourth-order valence-corrected chi connectivity index (χ4v) is 5.51. The summed E-state index contributed by atoms with van der Waals surface area (Å²) in [6.45, 7) is 3.82. The van der Waals surface area contributed by atoms with E-state index in [2.05, 4.69) is 0 Å². The monoisotopic (exact) mass is 620 g/mol. The molecule has 5 rings (SSSR count). The minimum absolute atomic E-state index is 0.00511. The molecule has 240 valence electrons. The van der Waals surface area contributed by atoms with Crippen LogP contribution >= 0.6 is 0 Å². The van der Waals surface area contributed by atoms with Crippen LogP contribution in [-0.2, 0) is 14.2 Å². The number of aryl methyl sites for hydroxylation is 1. The van der Waals surface area contributed by atoms with Crippen LogP contribution in [0.3, 0.4) is 0 Å². The Labute approximate surface area is 251 Å². The highest BCUT2D eigenvalue weighted by Gasteiger charge is 2.51. The third-order valence-electron chi connectivity index (χ3n) is 8.08. The molecule has 14 heteroatoms. The number of hydrogen-bond acceptors (Lipinski definition) is 14. The lowest BCUT2D eigenvalue weighted by Crippen LogP contribution is -2.64. The molecule has 44 heavy (non-hydrogen) atoms. The minimum Gasteiger partial charge on any atom is -0.507 e. The molecule has 2 fully saturated rings. The molecule has 1 aromatic heterocycles. The van der Waals surface area contributed by atoms with Crippen molar-refractivity contribution in [1.82, 2.24) is 0 Å². The van der Waals surface area contributed by atoms with Crippen LogP contribution < -0.4 is 14.9 Å². The van der Waals surface area contributed by atoms with Gasteiger partial charge < -0.3 is 63.8 Å². The molecule has 0 saturated carbocycles. The van der Waals surface area contributed by atoms with Gasteiger partial charge in [0.1, 0.15) is 59.1 Å². The molecule has 0 bridgehead atoms. The average Bonchev–Trinajstić information content (AvgIpc) is 3.02. The molecule has 4 unspecified atom stereocenters. The number of aliphatic hydroxyl groups is 6. The second-order valence-corrected chi connectivity index (χ2v) is 10.9. The molecule has 2 saturated heterocycles. The normalized spacial score (nSPS) is 32.5. The Hall–Kier alpha value is -3.31. The van der Waals surface area contributed by atoms with E-state index in [9.17, 15) is 40.5 Å². The minimum atomic E-state index is -1.81. The fraction of sp³-hybridized carbons (Fsp3) is 0.500. The van der Waals surface area contributed by atoms with Crippen molar-refractivity contribution < 1.29 is 63.8 Å². The van der Waals surface area contributed by atoms with Gasteiger partial charge in [-0.1, -0.05) is 30.3 Å². The summed E-state index contributed by atoms with van der Waals surface area (Å²) in [4.78, 5) is 13.5. The van der Waals surface area contributed by atoms with Gasteiger partial charge in [-0.25, -0.2) is 0 Å². The van der Waals surface area contributed by atoms with Gasteiger partial charge in [-0.15, -0.1) is 0 Å². The first-order chi connectivity index (χ1) is 20.9. The first-order valence-electron chi connectivity index (χ1n) is 14.0. The summed E-state index contributed by atoms with van der Waals surface area (Å²) in [6.07, 6.45) is -15.4. The largest absolute Gasteiger partial charge is 0.507 e. The maximum absolute atomic E-state index is 13.5. The Morgan fingerprint density at radius 2 is 1.52 bits per heavy atom. The fourth-order valence-electron chi connectivity index (χ4n) is 5.51. The summed E-state index contributed by atoms with van der Waals surface area (Å²) in [5, 5.41) is 73.0. The molecule has 0 radical (unpaired) electrons. The van der Waals surface area contributed by atoms with Gasteiger partial charge in [0.2, 0.25) is 17.5 Å². The maximum Gasteiger partial charge on any atom is 0.239 e. The van der Waals surface area contributed by atoms with E-state index in [1.807, 2.05) is 0 Å². The van der Waals surface area contributed by atoms with E-state index in [1.54, 1.807) is 37.3 Å². The Morgan fingerprint density at radius 1 is 0.841 bits per heavy atom. The standard InChI is InChI=1S/C30H36O14/c1-11-17(32)16-20(35)27(39-4)26(14-8-6-5-7-9-14)42-25(16)12(2)24(11)43-30-28(22(37)18(33)13(3)40-30)44-29-23(38)21(36)19(34)15(10-31)41-29/h5-9,13,15,18-19,21-23,28-34,36-38H,10H2,1-4H3/t13?,15?,18-,19-,21-,22?,23?,28-,29-,30-/m0/s1. The van der Waals surface area contributed by atoms with Crippen LogP contribution in [0.25, 0.3) is 22.3 Å².